The molecule has 0 radical (unpaired) electrons. The molecule has 3 rings (SSSR count). The van der Waals surface area contributed by atoms with E-state index >= 15 is 0 Å². The summed E-state index contributed by atoms with van der Waals surface area (Å²) in [7, 11) is 1.68. The lowest BCUT2D eigenvalue weighted by molar-refractivity contribution is 0.0531. The van der Waals surface area contributed by atoms with Crippen LogP contribution >= 0.6 is 11.3 Å². The predicted octanol–water partition coefficient (Wildman–Crippen LogP) is 3.93. The van der Waals surface area contributed by atoms with Gasteiger partial charge < -0.3 is 14.8 Å². The van der Waals surface area contributed by atoms with Crippen LogP contribution in [-0.4, -0.2) is 29.7 Å². The second-order valence-electron chi connectivity index (χ2n) is 5.73. The maximum absolute atomic E-state index is 12.1. The molecule has 136 valence electrons. The number of rotatable bonds is 7. The summed E-state index contributed by atoms with van der Waals surface area (Å²) >= 11 is 1.33. The highest BCUT2D eigenvalue weighted by Gasteiger charge is 2.20. The van der Waals surface area contributed by atoms with Gasteiger partial charge in [0.1, 0.15) is 21.9 Å². The van der Waals surface area contributed by atoms with Crippen molar-refractivity contribution in [2.24, 2.45) is 0 Å². The van der Waals surface area contributed by atoms with Crippen molar-refractivity contribution in [1.29, 1.82) is 0 Å². The highest BCUT2D eigenvalue weighted by atomic mass is 32.1. The summed E-state index contributed by atoms with van der Waals surface area (Å²) in [4.78, 5) is 22.2. The minimum Gasteiger partial charge on any atom is -0.462 e. The number of aromatic nitrogens is 2. The van der Waals surface area contributed by atoms with E-state index in [9.17, 15) is 4.79 Å². The third-order valence-electron chi connectivity index (χ3n) is 4.05. The topological polar surface area (TPSA) is 73.3 Å². The Morgan fingerprint density at radius 3 is 2.73 bits per heavy atom. The van der Waals surface area contributed by atoms with Crippen LogP contribution in [-0.2, 0) is 22.6 Å². The first-order valence-corrected chi connectivity index (χ1v) is 9.18. The molecule has 0 atom stereocenters. The molecule has 3 aromatic rings. The maximum Gasteiger partial charge on any atom is 0.348 e. The number of carbonyl (C=O) groups is 1. The zero-order valence-electron chi connectivity index (χ0n) is 15.0. The number of carbonyl (C=O) groups excluding carboxylic acids is 1. The molecular formula is C19H21N3O3S. The zero-order valence-corrected chi connectivity index (χ0v) is 15.9. The van der Waals surface area contributed by atoms with Gasteiger partial charge in [0.25, 0.3) is 0 Å². The lowest BCUT2D eigenvalue weighted by Crippen LogP contribution is -2.06. The Morgan fingerprint density at radius 2 is 2.00 bits per heavy atom. The van der Waals surface area contributed by atoms with E-state index in [1.165, 1.54) is 17.7 Å². The number of hydrogen-bond acceptors (Lipinski definition) is 7. The maximum atomic E-state index is 12.1. The zero-order chi connectivity index (χ0) is 18.5. The molecule has 0 saturated carbocycles. The first-order valence-electron chi connectivity index (χ1n) is 8.36. The summed E-state index contributed by atoms with van der Waals surface area (Å²) < 4.78 is 10.4. The van der Waals surface area contributed by atoms with Gasteiger partial charge in [0.15, 0.2) is 0 Å². The van der Waals surface area contributed by atoms with Crippen molar-refractivity contribution in [3.05, 3.63) is 52.2 Å². The molecule has 0 saturated heterocycles. The quantitative estimate of drug-likeness (QED) is 0.634. The monoisotopic (exact) mass is 371 g/mol. The number of ether oxygens (including phenoxy) is 2. The Bertz CT molecular complexity index is 924. The van der Waals surface area contributed by atoms with Crippen molar-refractivity contribution < 1.29 is 14.3 Å². The van der Waals surface area contributed by atoms with E-state index in [2.05, 4.69) is 21.4 Å². The Labute approximate surface area is 156 Å². The summed E-state index contributed by atoms with van der Waals surface area (Å²) in [6.45, 7) is 5.21. The van der Waals surface area contributed by atoms with Gasteiger partial charge >= 0.3 is 5.97 Å². The molecule has 0 aliphatic carbocycles. The van der Waals surface area contributed by atoms with Gasteiger partial charge in [-0.15, -0.1) is 11.3 Å². The van der Waals surface area contributed by atoms with Crippen LogP contribution in [0.1, 0.15) is 33.3 Å². The number of nitrogens with zero attached hydrogens (tertiary/aromatic N) is 2. The number of thiophene rings is 1. The van der Waals surface area contributed by atoms with Gasteiger partial charge in [-0.25, -0.2) is 14.8 Å². The molecule has 0 unspecified atom stereocenters. The van der Waals surface area contributed by atoms with Crippen LogP contribution in [0.2, 0.25) is 0 Å². The van der Waals surface area contributed by atoms with E-state index in [0.29, 0.717) is 30.5 Å². The number of hydrogen-bond donors (Lipinski definition) is 1. The largest absolute Gasteiger partial charge is 0.462 e. The molecule has 0 aliphatic rings. The number of aryl methyl sites for hydroxylation is 1. The van der Waals surface area contributed by atoms with E-state index in [4.69, 9.17) is 9.47 Å². The number of benzene rings is 1. The third-order valence-corrected chi connectivity index (χ3v) is 5.23. The van der Waals surface area contributed by atoms with E-state index in [0.717, 1.165) is 26.9 Å². The summed E-state index contributed by atoms with van der Waals surface area (Å²) in [6, 6.07) is 8.10. The summed E-state index contributed by atoms with van der Waals surface area (Å²) in [5.74, 6) is 0.399. The molecule has 0 spiro atoms. The average Bonchev–Trinajstić information content (AvgIpc) is 2.99. The number of fused-ring (bicyclic) bond motifs is 1. The molecule has 1 N–H and O–H groups in total. The molecule has 26 heavy (non-hydrogen) atoms. The van der Waals surface area contributed by atoms with Gasteiger partial charge in [0, 0.05) is 13.7 Å². The van der Waals surface area contributed by atoms with E-state index in [1.54, 1.807) is 14.0 Å². The van der Waals surface area contributed by atoms with E-state index < -0.39 is 0 Å². The van der Waals surface area contributed by atoms with Gasteiger partial charge in [-0.1, -0.05) is 24.3 Å². The van der Waals surface area contributed by atoms with Crippen molar-refractivity contribution in [2.45, 2.75) is 27.0 Å². The van der Waals surface area contributed by atoms with Crippen LogP contribution < -0.4 is 5.32 Å². The van der Waals surface area contributed by atoms with Crippen molar-refractivity contribution in [3.63, 3.8) is 0 Å². The highest BCUT2D eigenvalue weighted by Crippen LogP contribution is 2.33. The fourth-order valence-corrected chi connectivity index (χ4v) is 3.84. The molecule has 0 fully saturated rings. The standard InChI is InChI=1S/C19H21N3O3S/c1-4-25-19(23)16-12(2)15-17(21-11-22-18(15)26-16)20-9-13-7-5-6-8-14(13)10-24-3/h5-8,11H,4,9-10H2,1-3H3,(H,20,21,22). The molecule has 6 nitrogen and oxygen atoms in total. The lowest BCUT2D eigenvalue weighted by Gasteiger charge is -2.11. The Hall–Kier alpha value is -2.51. The van der Waals surface area contributed by atoms with Gasteiger partial charge in [0.05, 0.1) is 18.6 Å². The molecule has 1 aromatic carbocycles. The van der Waals surface area contributed by atoms with Crippen LogP contribution in [0.15, 0.2) is 30.6 Å². The Morgan fingerprint density at radius 1 is 1.23 bits per heavy atom. The Kier molecular flexibility index (Phi) is 5.80. The third kappa shape index (κ3) is 3.68. The van der Waals surface area contributed by atoms with Crippen LogP contribution in [0.4, 0.5) is 5.82 Å². The molecule has 2 heterocycles. The van der Waals surface area contributed by atoms with Gasteiger partial charge in [-0.05, 0) is 30.5 Å². The molecule has 2 aromatic heterocycles. The Balaban J connectivity index is 1.90. The van der Waals surface area contributed by atoms with Gasteiger partial charge in [-0.3, -0.25) is 0 Å². The number of nitrogens with one attached hydrogen (secondary N) is 1. The van der Waals surface area contributed by atoms with Crippen molar-refractivity contribution >= 4 is 33.3 Å². The van der Waals surface area contributed by atoms with Crippen LogP contribution in [0.25, 0.3) is 10.2 Å². The number of esters is 1. The fraction of sp³-hybridized carbons (Fsp3) is 0.316. The average molecular weight is 371 g/mol. The SMILES string of the molecule is CCOC(=O)c1sc2ncnc(NCc3ccccc3COC)c2c1C. The number of methoxy groups -OCH3 is 1. The summed E-state index contributed by atoms with van der Waals surface area (Å²) in [5.41, 5.74) is 3.11. The minimum atomic E-state index is -0.315. The van der Waals surface area contributed by atoms with Gasteiger partial charge in [0.2, 0.25) is 0 Å². The first-order chi connectivity index (χ1) is 12.7. The molecule has 0 amide bonds. The van der Waals surface area contributed by atoms with E-state index in [1.807, 2.05) is 25.1 Å². The van der Waals surface area contributed by atoms with E-state index in [-0.39, 0.29) is 5.97 Å². The fourth-order valence-electron chi connectivity index (χ4n) is 2.80. The van der Waals surface area contributed by atoms with Crippen molar-refractivity contribution in [1.82, 2.24) is 9.97 Å². The van der Waals surface area contributed by atoms with Crippen molar-refractivity contribution in [3.8, 4) is 0 Å². The highest BCUT2D eigenvalue weighted by molar-refractivity contribution is 7.20. The second kappa shape index (κ2) is 8.25. The first kappa shape index (κ1) is 18.3. The predicted molar refractivity (Wildman–Crippen MR) is 103 cm³/mol. The van der Waals surface area contributed by atoms with Crippen LogP contribution in [0, 0.1) is 6.92 Å². The molecule has 0 aliphatic heterocycles. The smallest absolute Gasteiger partial charge is 0.348 e. The molecule has 0 bridgehead atoms. The minimum absolute atomic E-state index is 0.315. The van der Waals surface area contributed by atoms with Gasteiger partial charge in [-0.2, -0.15) is 0 Å². The second-order valence-corrected chi connectivity index (χ2v) is 6.73. The number of anilines is 1. The van der Waals surface area contributed by atoms with Crippen LogP contribution in [0.5, 0.6) is 0 Å². The van der Waals surface area contributed by atoms with Crippen LogP contribution in [0.3, 0.4) is 0 Å². The molecule has 7 heteroatoms. The molecular weight excluding hydrogens is 350 g/mol. The normalized spacial score (nSPS) is 10.9. The van der Waals surface area contributed by atoms with Crippen molar-refractivity contribution in [2.75, 3.05) is 19.0 Å². The summed E-state index contributed by atoms with van der Waals surface area (Å²) in [5, 5.41) is 4.24. The lowest BCUT2D eigenvalue weighted by atomic mass is 10.1. The summed E-state index contributed by atoms with van der Waals surface area (Å²) in [6.07, 6.45) is 1.51.